The molecular weight excluding hydrogens is 242 g/mol. The number of likely N-dealkylation sites (tertiary alicyclic amines) is 1. The van der Waals surface area contributed by atoms with Gasteiger partial charge in [-0.15, -0.1) is 0 Å². The molecule has 19 heavy (non-hydrogen) atoms. The Morgan fingerprint density at radius 1 is 1.58 bits per heavy atom. The molecule has 106 valence electrons. The highest BCUT2D eigenvalue weighted by atomic mass is 16.4. The predicted octanol–water partition coefficient (Wildman–Crippen LogP) is 1.67. The van der Waals surface area contributed by atoms with E-state index < -0.39 is 5.97 Å². The first-order valence-corrected chi connectivity index (χ1v) is 7.04. The molecule has 1 fully saturated rings. The van der Waals surface area contributed by atoms with Crippen LogP contribution in [0, 0.1) is 5.92 Å². The van der Waals surface area contributed by atoms with Gasteiger partial charge in [-0.3, -0.25) is 14.4 Å². The zero-order chi connectivity index (χ0) is 13.8. The molecule has 0 amide bonds. The van der Waals surface area contributed by atoms with Crippen LogP contribution in [0.3, 0.4) is 0 Å². The number of nitrogens with zero attached hydrogens (tertiary/aromatic N) is 3. The molecule has 5 heteroatoms. The Morgan fingerprint density at radius 2 is 2.37 bits per heavy atom. The summed E-state index contributed by atoms with van der Waals surface area (Å²) < 4.78 is 1.96. The fraction of sp³-hybridized carbons (Fsp3) is 0.714. The number of aliphatic carboxylic acids is 1. The fourth-order valence-corrected chi connectivity index (χ4v) is 2.74. The first kappa shape index (κ1) is 14.1. The lowest BCUT2D eigenvalue weighted by Crippen LogP contribution is -2.21. The van der Waals surface area contributed by atoms with Crippen molar-refractivity contribution in [2.75, 3.05) is 13.1 Å². The molecule has 2 rings (SSSR count). The van der Waals surface area contributed by atoms with E-state index in [1.165, 1.54) is 5.69 Å². The van der Waals surface area contributed by atoms with Gasteiger partial charge < -0.3 is 5.11 Å². The van der Waals surface area contributed by atoms with E-state index in [1.807, 2.05) is 11.7 Å². The lowest BCUT2D eigenvalue weighted by Gasteiger charge is -2.15. The summed E-state index contributed by atoms with van der Waals surface area (Å²) in [6, 6.07) is 2.17. The minimum Gasteiger partial charge on any atom is -0.481 e. The molecule has 0 spiro atoms. The maximum absolute atomic E-state index is 10.6. The third-order valence-corrected chi connectivity index (χ3v) is 3.91. The second kappa shape index (κ2) is 6.19. The Labute approximate surface area is 114 Å². The molecule has 1 saturated heterocycles. The SMILES string of the molecule is CCc1cc(CN2CCC(CCC(=O)O)C2)n(C)n1. The predicted molar refractivity (Wildman–Crippen MR) is 72.8 cm³/mol. The van der Waals surface area contributed by atoms with Crippen LogP contribution in [0.15, 0.2) is 6.07 Å². The van der Waals surface area contributed by atoms with Gasteiger partial charge in [-0.1, -0.05) is 6.92 Å². The van der Waals surface area contributed by atoms with E-state index in [4.69, 9.17) is 5.11 Å². The molecular formula is C14H23N3O2. The molecule has 1 aliphatic heterocycles. The van der Waals surface area contributed by atoms with Gasteiger partial charge in [0.05, 0.1) is 11.4 Å². The molecule has 1 aliphatic rings. The van der Waals surface area contributed by atoms with Crippen LogP contribution in [0.5, 0.6) is 0 Å². The maximum Gasteiger partial charge on any atom is 0.303 e. The van der Waals surface area contributed by atoms with Crippen LogP contribution in [0.4, 0.5) is 0 Å². The van der Waals surface area contributed by atoms with Crippen LogP contribution < -0.4 is 0 Å². The molecule has 0 saturated carbocycles. The second-order valence-corrected chi connectivity index (χ2v) is 5.43. The van der Waals surface area contributed by atoms with E-state index in [0.29, 0.717) is 12.3 Å². The number of aryl methyl sites for hydroxylation is 2. The van der Waals surface area contributed by atoms with Gasteiger partial charge in [-0.05, 0) is 37.8 Å². The van der Waals surface area contributed by atoms with Gasteiger partial charge in [0.25, 0.3) is 0 Å². The molecule has 1 aromatic rings. The lowest BCUT2D eigenvalue weighted by atomic mass is 10.0. The Kier molecular flexibility index (Phi) is 4.58. The van der Waals surface area contributed by atoms with Gasteiger partial charge in [-0.2, -0.15) is 5.10 Å². The Bertz CT molecular complexity index is 442. The molecule has 1 unspecified atom stereocenters. The summed E-state index contributed by atoms with van der Waals surface area (Å²) in [6.45, 7) is 5.12. The summed E-state index contributed by atoms with van der Waals surface area (Å²) in [6.07, 6.45) is 3.18. The highest BCUT2D eigenvalue weighted by molar-refractivity contribution is 5.66. The van der Waals surface area contributed by atoms with E-state index in [1.54, 1.807) is 0 Å². The van der Waals surface area contributed by atoms with Gasteiger partial charge in [-0.25, -0.2) is 0 Å². The van der Waals surface area contributed by atoms with E-state index in [2.05, 4.69) is 23.0 Å². The Balaban J connectivity index is 1.84. The van der Waals surface area contributed by atoms with Crippen molar-refractivity contribution in [2.24, 2.45) is 13.0 Å². The monoisotopic (exact) mass is 265 g/mol. The van der Waals surface area contributed by atoms with Crippen molar-refractivity contribution in [3.8, 4) is 0 Å². The van der Waals surface area contributed by atoms with E-state index in [-0.39, 0.29) is 0 Å². The maximum atomic E-state index is 10.6. The standard InChI is InChI=1S/C14H23N3O2/c1-3-12-8-13(16(2)15-12)10-17-7-6-11(9-17)4-5-14(18)19/h8,11H,3-7,9-10H2,1-2H3,(H,18,19). The quantitative estimate of drug-likeness (QED) is 0.850. The van der Waals surface area contributed by atoms with Gasteiger partial charge in [0.2, 0.25) is 0 Å². The summed E-state index contributed by atoms with van der Waals surface area (Å²) in [7, 11) is 1.99. The van der Waals surface area contributed by atoms with Gasteiger partial charge >= 0.3 is 5.97 Å². The molecule has 0 aliphatic carbocycles. The molecule has 0 radical (unpaired) electrons. The summed E-state index contributed by atoms with van der Waals surface area (Å²) in [5, 5.41) is 13.2. The third-order valence-electron chi connectivity index (χ3n) is 3.91. The molecule has 1 atom stereocenters. The summed E-state index contributed by atoms with van der Waals surface area (Å²) >= 11 is 0. The Morgan fingerprint density at radius 3 is 3.00 bits per heavy atom. The van der Waals surface area contributed by atoms with Crippen molar-refractivity contribution < 1.29 is 9.90 Å². The van der Waals surface area contributed by atoms with Crippen LogP contribution in [-0.4, -0.2) is 38.8 Å². The minimum atomic E-state index is -0.683. The molecule has 2 heterocycles. The molecule has 0 bridgehead atoms. The van der Waals surface area contributed by atoms with Gasteiger partial charge in [0.15, 0.2) is 0 Å². The summed E-state index contributed by atoms with van der Waals surface area (Å²) in [5.41, 5.74) is 2.38. The number of rotatable bonds is 6. The van der Waals surface area contributed by atoms with Crippen molar-refractivity contribution in [1.29, 1.82) is 0 Å². The molecule has 1 aromatic heterocycles. The third kappa shape index (κ3) is 3.80. The topological polar surface area (TPSA) is 58.4 Å². The number of carboxylic acid groups (broad SMARTS) is 1. The fourth-order valence-electron chi connectivity index (χ4n) is 2.74. The number of hydrogen-bond acceptors (Lipinski definition) is 3. The molecule has 0 aromatic carbocycles. The van der Waals surface area contributed by atoms with E-state index in [9.17, 15) is 4.79 Å². The number of aromatic nitrogens is 2. The zero-order valence-corrected chi connectivity index (χ0v) is 11.8. The van der Waals surface area contributed by atoms with Crippen molar-refractivity contribution >= 4 is 5.97 Å². The van der Waals surface area contributed by atoms with E-state index in [0.717, 1.165) is 44.6 Å². The second-order valence-electron chi connectivity index (χ2n) is 5.43. The summed E-state index contributed by atoms with van der Waals surface area (Å²) in [5.74, 6) is -0.146. The normalized spacial score (nSPS) is 20.0. The van der Waals surface area contributed by atoms with E-state index >= 15 is 0 Å². The van der Waals surface area contributed by atoms with Crippen molar-refractivity contribution in [3.63, 3.8) is 0 Å². The van der Waals surface area contributed by atoms with Gasteiger partial charge in [0, 0.05) is 26.6 Å². The first-order chi connectivity index (χ1) is 9.08. The van der Waals surface area contributed by atoms with Crippen LogP contribution in [-0.2, 0) is 24.8 Å². The van der Waals surface area contributed by atoms with Gasteiger partial charge in [0.1, 0.15) is 0 Å². The largest absolute Gasteiger partial charge is 0.481 e. The van der Waals surface area contributed by atoms with Crippen LogP contribution in [0.2, 0.25) is 0 Å². The molecule has 5 nitrogen and oxygen atoms in total. The highest BCUT2D eigenvalue weighted by Crippen LogP contribution is 2.22. The number of carbonyl (C=O) groups is 1. The highest BCUT2D eigenvalue weighted by Gasteiger charge is 2.23. The van der Waals surface area contributed by atoms with Crippen molar-refractivity contribution in [1.82, 2.24) is 14.7 Å². The summed E-state index contributed by atoms with van der Waals surface area (Å²) in [4.78, 5) is 13.0. The Hall–Kier alpha value is -1.36. The lowest BCUT2D eigenvalue weighted by molar-refractivity contribution is -0.137. The minimum absolute atomic E-state index is 0.296. The zero-order valence-electron chi connectivity index (χ0n) is 11.8. The van der Waals surface area contributed by atoms with Crippen LogP contribution in [0.25, 0.3) is 0 Å². The number of hydrogen-bond donors (Lipinski definition) is 1. The first-order valence-electron chi connectivity index (χ1n) is 7.04. The molecule has 1 N–H and O–H groups in total. The van der Waals surface area contributed by atoms with Crippen molar-refractivity contribution in [2.45, 2.75) is 39.2 Å². The van der Waals surface area contributed by atoms with Crippen LogP contribution >= 0.6 is 0 Å². The average Bonchev–Trinajstić information content (AvgIpc) is 2.95. The average molecular weight is 265 g/mol. The smallest absolute Gasteiger partial charge is 0.303 e. The number of carboxylic acids is 1. The van der Waals surface area contributed by atoms with Crippen LogP contribution in [0.1, 0.15) is 37.6 Å². The van der Waals surface area contributed by atoms with Crippen molar-refractivity contribution in [3.05, 3.63) is 17.5 Å².